The molecular formula is C20H28N2O2. The lowest BCUT2D eigenvalue weighted by atomic mass is 10.2. The zero-order chi connectivity index (χ0) is 17.4. The van der Waals surface area contributed by atoms with E-state index in [1.165, 1.54) is 19.3 Å². The fraction of sp³-hybridized carbons (Fsp3) is 0.450. The lowest BCUT2D eigenvalue weighted by Gasteiger charge is -2.10. The molecule has 1 aromatic carbocycles. The van der Waals surface area contributed by atoms with Gasteiger partial charge in [-0.1, -0.05) is 18.9 Å². The molecule has 0 fully saturated rings. The van der Waals surface area contributed by atoms with Gasteiger partial charge in [-0.25, -0.2) is 0 Å². The molecule has 0 saturated heterocycles. The van der Waals surface area contributed by atoms with Crippen LogP contribution >= 0.6 is 0 Å². The monoisotopic (exact) mass is 328 g/mol. The number of unbranched alkanes of at least 4 members (excludes halogenated alkanes) is 3. The molecule has 0 saturated carbocycles. The zero-order valence-corrected chi connectivity index (χ0v) is 15.0. The number of aryl methyl sites for hydroxylation is 1. The molecule has 2 rings (SSSR count). The molecule has 24 heavy (non-hydrogen) atoms. The second kappa shape index (κ2) is 9.28. The summed E-state index contributed by atoms with van der Waals surface area (Å²) >= 11 is 0. The van der Waals surface area contributed by atoms with Gasteiger partial charge in [-0.15, -0.1) is 0 Å². The number of benzene rings is 1. The predicted molar refractivity (Wildman–Crippen MR) is 99.3 cm³/mol. The van der Waals surface area contributed by atoms with Crippen LogP contribution in [0.3, 0.4) is 0 Å². The Morgan fingerprint density at radius 2 is 1.67 bits per heavy atom. The number of pyridine rings is 1. The molecule has 4 nitrogen and oxygen atoms in total. The first-order valence-corrected chi connectivity index (χ1v) is 8.63. The van der Waals surface area contributed by atoms with Crippen LogP contribution in [0.5, 0.6) is 5.75 Å². The smallest absolute Gasteiger partial charge is 0.255 e. The maximum Gasteiger partial charge on any atom is 0.255 e. The minimum atomic E-state index is -0.0213. The Kier molecular flexibility index (Phi) is 7.07. The van der Waals surface area contributed by atoms with Crippen molar-refractivity contribution >= 4 is 0 Å². The lowest BCUT2D eigenvalue weighted by Crippen LogP contribution is -2.16. The van der Waals surface area contributed by atoms with Gasteiger partial charge in [0.25, 0.3) is 5.56 Å². The summed E-state index contributed by atoms with van der Waals surface area (Å²) in [5, 5.41) is 0. The topological polar surface area (TPSA) is 34.5 Å². The van der Waals surface area contributed by atoms with E-state index in [1.807, 2.05) is 43.5 Å². The van der Waals surface area contributed by atoms with Gasteiger partial charge in [-0.05, 0) is 70.2 Å². The fourth-order valence-corrected chi connectivity index (χ4v) is 2.57. The summed E-state index contributed by atoms with van der Waals surface area (Å²) < 4.78 is 7.44. The number of rotatable bonds is 9. The molecule has 0 bridgehead atoms. The molecule has 0 aliphatic heterocycles. The third kappa shape index (κ3) is 5.85. The number of ether oxygens (including phenoxy) is 1. The minimum Gasteiger partial charge on any atom is -0.494 e. The van der Waals surface area contributed by atoms with E-state index < -0.39 is 0 Å². The van der Waals surface area contributed by atoms with Crippen LogP contribution in [0, 0.1) is 6.92 Å². The molecule has 1 heterocycles. The Morgan fingerprint density at radius 1 is 0.958 bits per heavy atom. The summed E-state index contributed by atoms with van der Waals surface area (Å²) in [6.45, 7) is 3.87. The highest BCUT2D eigenvalue weighted by atomic mass is 16.5. The van der Waals surface area contributed by atoms with Crippen molar-refractivity contribution in [3.05, 3.63) is 58.5 Å². The highest BCUT2D eigenvalue weighted by molar-refractivity contribution is 5.38. The molecule has 130 valence electrons. The Balaban J connectivity index is 1.78. The number of aromatic nitrogens is 1. The summed E-state index contributed by atoms with van der Waals surface area (Å²) in [7, 11) is 4.22. The third-order valence-corrected chi connectivity index (χ3v) is 3.94. The third-order valence-electron chi connectivity index (χ3n) is 3.94. The SMILES string of the molecule is Cc1ccc(=O)n(-c2ccc(OCCCCCCN(C)C)cc2)c1. The van der Waals surface area contributed by atoms with Crippen molar-refractivity contribution in [2.45, 2.75) is 32.6 Å². The van der Waals surface area contributed by atoms with Crippen LogP contribution < -0.4 is 10.3 Å². The first kappa shape index (κ1) is 18.3. The molecule has 0 spiro atoms. The van der Waals surface area contributed by atoms with Gasteiger partial charge in [0.05, 0.1) is 6.61 Å². The lowest BCUT2D eigenvalue weighted by molar-refractivity contribution is 0.302. The van der Waals surface area contributed by atoms with Crippen LogP contribution in [0.15, 0.2) is 47.4 Å². The Labute approximate surface area is 144 Å². The molecule has 2 aromatic rings. The molecule has 0 unspecified atom stereocenters. The highest BCUT2D eigenvalue weighted by Crippen LogP contribution is 2.15. The van der Waals surface area contributed by atoms with Crippen LogP contribution in [-0.4, -0.2) is 36.7 Å². The van der Waals surface area contributed by atoms with E-state index in [9.17, 15) is 4.79 Å². The summed E-state index contributed by atoms with van der Waals surface area (Å²) in [5.41, 5.74) is 1.90. The van der Waals surface area contributed by atoms with Crippen molar-refractivity contribution in [2.75, 3.05) is 27.2 Å². The second-order valence-electron chi connectivity index (χ2n) is 6.47. The molecule has 0 N–H and O–H groups in total. The van der Waals surface area contributed by atoms with E-state index in [0.717, 1.165) is 36.6 Å². The van der Waals surface area contributed by atoms with E-state index in [1.54, 1.807) is 10.6 Å². The van der Waals surface area contributed by atoms with E-state index in [2.05, 4.69) is 19.0 Å². The number of hydrogen-bond acceptors (Lipinski definition) is 3. The van der Waals surface area contributed by atoms with Gasteiger partial charge in [0.15, 0.2) is 0 Å². The number of nitrogens with zero attached hydrogens (tertiary/aromatic N) is 2. The largest absolute Gasteiger partial charge is 0.494 e. The molecule has 4 heteroatoms. The summed E-state index contributed by atoms with van der Waals surface area (Å²) in [5.74, 6) is 0.854. The second-order valence-corrected chi connectivity index (χ2v) is 6.47. The van der Waals surface area contributed by atoms with Gasteiger partial charge in [0.1, 0.15) is 5.75 Å². The molecule has 1 aromatic heterocycles. The average molecular weight is 328 g/mol. The standard InChI is InChI=1S/C20H28N2O2/c1-17-8-13-20(23)22(16-17)18-9-11-19(12-10-18)24-15-7-5-4-6-14-21(2)3/h8-13,16H,4-7,14-15H2,1-3H3. The van der Waals surface area contributed by atoms with Gasteiger partial charge in [0.2, 0.25) is 0 Å². The van der Waals surface area contributed by atoms with Crippen LogP contribution in [0.1, 0.15) is 31.2 Å². The molecular weight excluding hydrogens is 300 g/mol. The van der Waals surface area contributed by atoms with Crippen molar-refractivity contribution in [1.29, 1.82) is 0 Å². The van der Waals surface area contributed by atoms with Crippen molar-refractivity contribution in [1.82, 2.24) is 9.47 Å². The number of hydrogen-bond donors (Lipinski definition) is 0. The van der Waals surface area contributed by atoms with Gasteiger partial charge in [0, 0.05) is 18.0 Å². The van der Waals surface area contributed by atoms with Crippen LogP contribution in [-0.2, 0) is 0 Å². The summed E-state index contributed by atoms with van der Waals surface area (Å²) in [6, 6.07) is 11.1. The summed E-state index contributed by atoms with van der Waals surface area (Å²) in [4.78, 5) is 14.1. The normalized spacial score (nSPS) is 11.0. The quantitative estimate of drug-likeness (QED) is 0.659. The Morgan fingerprint density at radius 3 is 2.38 bits per heavy atom. The summed E-state index contributed by atoms with van der Waals surface area (Å²) in [6.07, 6.45) is 6.62. The molecule has 0 aliphatic rings. The first-order valence-electron chi connectivity index (χ1n) is 8.63. The average Bonchev–Trinajstić information content (AvgIpc) is 2.56. The Hall–Kier alpha value is -2.07. The van der Waals surface area contributed by atoms with Gasteiger partial charge >= 0.3 is 0 Å². The highest BCUT2D eigenvalue weighted by Gasteiger charge is 2.01. The van der Waals surface area contributed by atoms with Gasteiger partial charge in [-0.2, -0.15) is 0 Å². The van der Waals surface area contributed by atoms with Crippen molar-refractivity contribution in [2.24, 2.45) is 0 Å². The van der Waals surface area contributed by atoms with E-state index in [0.29, 0.717) is 0 Å². The molecule has 0 radical (unpaired) electrons. The van der Waals surface area contributed by atoms with Crippen molar-refractivity contribution in [3.8, 4) is 11.4 Å². The fourth-order valence-electron chi connectivity index (χ4n) is 2.57. The van der Waals surface area contributed by atoms with Gasteiger partial charge < -0.3 is 9.64 Å². The van der Waals surface area contributed by atoms with Crippen LogP contribution in [0.4, 0.5) is 0 Å². The van der Waals surface area contributed by atoms with Crippen LogP contribution in [0.25, 0.3) is 5.69 Å². The van der Waals surface area contributed by atoms with Crippen molar-refractivity contribution < 1.29 is 4.74 Å². The van der Waals surface area contributed by atoms with E-state index in [4.69, 9.17) is 4.74 Å². The molecule has 0 atom stereocenters. The predicted octanol–water partition coefficient (Wildman–Crippen LogP) is 3.65. The van der Waals surface area contributed by atoms with E-state index in [-0.39, 0.29) is 5.56 Å². The minimum absolute atomic E-state index is 0.0213. The van der Waals surface area contributed by atoms with Gasteiger partial charge in [-0.3, -0.25) is 9.36 Å². The van der Waals surface area contributed by atoms with Crippen molar-refractivity contribution in [3.63, 3.8) is 0 Å². The maximum absolute atomic E-state index is 11.9. The molecule has 0 amide bonds. The Bertz CT molecular complexity index is 675. The zero-order valence-electron chi connectivity index (χ0n) is 15.0. The first-order chi connectivity index (χ1) is 11.6. The van der Waals surface area contributed by atoms with Crippen LogP contribution in [0.2, 0.25) is 0 Å². The van der Waals surface area contributed by atoms with E-state index >= 15 is 0 Å². The molecule has 0 aliphatic carbocycles. The maximum atomic E-state index is 11.9.